The van der Waals surface area contributed by atoms with Crippen LogP contribution in [-0.4, -0.2) is 33.7 Å². The molecule has 1 aliphatic heterocycles. The van der Waals surface area contributed by atoms with E-state index in [0.717, 1.165) is 24.3 Å². The van der Waals surface area contributed by atoms with Crippen LogP contribution in [0.2, 0.25) is 11.6 Å². The average molecular weight is 270 g/mol. The van der Waals surface area contributed by atoms with Crippen LogP contribution in [0.25, 0.3) is 0 Å². The van der Waals surface area contributed by atoms with Crippen molar-refractivity contribution in [3.05, 3.63) is 0 Å². The third-order valence-corrected chi connectivity index (χ3v) is 11.3. The summed E-state index contributed by atoms with van der Waals surface area (Å²) in [5.41, 5.74) is 1.55. The molecule has 0 N–H and O–H groups in total. The van der Waals surface area contributed by atoms with Gasteiger partial charge in [0.05, 0.1) is 5.73 Å². The van der Waals surface area contributed by atoms with Crippen molar-refractivity contribution >= 4 is 8.07 Å². The SMILES string of the molecule is COC[Si](CC(C)C)(C1CCCC1)C1CCCO1. The van der Waals surface area contributed by atoms with Gasteiger partial charge in [-0.05, 0) is 24.3 Å². The number of ether oxygens (including phenoxy) is 2. The summed E-state index contributed by atoms with van der Waals surface area (Å²) < 4.78 is 11.9. The van der Waals surface area contributed by atoms with Gasteiger partial charge in [0.2, 0.25) is 0 Å². The van der Waals surface area contributed by atoms with Gasteiger partial charge in [0.25, 0.3) is 0 Å². The fraction of sp³-hybridized carbons (Fsp3) is 1.00. The highest BCUT2D eigenvalue weighted by atomic mass is 28.3. The number of hydrogen-bond donors (Lipinski definition) is 0. The molecule has 1 heterocycles. The van der Waals surface area contributed by atoms with Crippen LogP contribution in [0, 0.1) is 5.92 Å². The van der Waals surface area contributed by atoms with Crippen molar-refractivity contribution in [2.45, 2.75) is 69.7 Å². The second-order valence-corrected chi connectivity index (χ2v) is 11.4. The highest BCUT2D eigenvalue weighted by Crippen LogP contribution is 2.46. The van der Waals surface area contributed by atoms with Crippen LogP contribution in [0.1, 0.15) is 52.4 Å². The van der Waals surface area contributed by atoms with E-state index in [1.54, 1.807) is 0 Å². The predicted octanol–water partition coefficient (Wildman–Crippen LogP) is 3.94. The molecule has 0 amide bonds. The summed E-state index contributed by atoms with van der Waals surface area (Å²) in [6.07, 6.45) is 9.37. The molecular weight excluding hydrogens is 240 g/mol. The van der Waals surface area contributed by atoms with Crippen molar-refractivity contribution in [3.63, 3.8) is 0 Å². The van der Waals surface area contributed by atoms with Gasteiger partial charge >= 0.3 is 0 Å². The third kappa shape index (κ3) is 2.99. The van der Waals surface area contributed by atoms with Crippen LogP contribution >= 0.6 is 0 Å². The first-order chi connectivity index (χ1) is 8.69. The Bertz CT molecular complexity index is 227. The summed E-state index contributed by atoms with van der Waals surface area (Å²) >= 11 is 0. The molecule has 3 heteroatoms. The van der Waals surface area contributed by atoms with E-state index in [1.165, 1.54) is 44.6 Å². The van der Waals surface area contributed by atoms with E-state index in [2.05, 4.69) is 13.8 Å². The molecule has 2 aliphatic rings. The minimum absolute atomic E-state index is 0.586. The minimum Gasteiger partial charge on any atom is -0.388 e. The Morgan fingerprint density at radius 1 is 1.17 bits per heavy atom. The molecule has 1 saturated carbocycles. The molecule has 18 heavy (non-hydrogen) atoms. The van der Waals surface area contributed by atoms with Crippen molar-refractivity contribution in [3.8, 4) is 0 Å². The molecular formula is C15H30O2Si. The Balaban J connectivity index is 2.19. The van der Waals surface area contributed by atoms with Gasteiger partial charge in [0.15, 0.2) is 0 Å². The van der Waals surface area contributed by atoms with Crippen molar-refractivity contribution in [2.75, 3.05) is 19.9 Å². The normalized spacial score (nSPS) is 29.0. The molecule has 0 bridgehead atoms. The minimum atomic E-state index is -1.44. The molecule has 1 saturated heterocycles. The largest absolute Gasteiger partial charge is 0.388 e. The zero-order valence-electron chi connectivity index (χ0n) is 12.4. The fourth-order valence-electron chi connectivity index (χ4n) is 4.39. The van der Waals surface area contributed by atoms with E-state index in [0.29, 0.717) is 5.73 Å². The van der Waals surface area contributed by atoms with Gasteiger partial charge in [-0.25, -0.2) is 0 Å². The Kier molecular flexibility index (Phi) is 5.28. The lowest BCUT2D eigenvalue weighted by Gasteiger charge is -2.42. The van der Waals surface area contributed by atoms with Crippen LogP contribution in [0.5, 0.6) is 0 Å². The Labute approximate surface area is 113 Å². The second kappa shape index (κ2) is 6.53. The zero-order chi connectivity index (χ0) is 13.0. The zero-order valence-corrected chi connectivity index (χ0v) is 13.4. The molecule has 0 aromatic heterocycles. The highest BCUT2D eigenvalue weighted by Gasteiger charge is 2.50. The third-order valence-electron chi connectivity index (χ3n) is 4.94. The second-order valence-electron chi connectivity index (χ2n) is 6.75. The summed E-state index contributed by atoms with van der Waals surface area (Å²) in [6.45, 7) is 5.75. The van der Waals surface area contributed by atoms with Gasteiger partial charge < -0.3 is 9.47 Å². The smallest absolute Gasteiger partial charge is 0.120 e. The Hall–Kier alpha value is 0.137. The van der Waals surface area contributed by atoms with Crippen molar-refractivity contribution < 1.29 is 9.47 Å². The van der Waals surface area contributed by atoms with Crippen LogP contribution in [0.15, 0.2) is 0 Å². The molecule has 106 valence electrons. The molecule has 1 aliphatic carbocycles. The average Bonchev–Trinajstić information content (AvgIpc) is 3.02. The Morgan fingerprint density at radius 2 is 1.89 bits per heavy atom. The van der Waals surface area contributed by atoms with E-state index >= 15 is 0 Å². The quantitative estimate of drug-likeness (QED) is 0.681. The maximum absolute atomic E-state index is 6.17. The van der Waals surface area contributed by atoms with Crippen molar-refractivity contribution in [1.82, 2.24) is 0 Å². The van der Waals surface area contributed by atoms with E-state index in [9.17, 15) is 0 Å². The summed E-state index contributed by atoms with van der Waals surface area (Å²) in [5, 5.41) is 0. The van der Waals surface area contributed by atoms with Gasteiger partial charge in [-0.1, -0.05) is 45.6 Å². The fourth-order valence-corrected chi connectivity index (χ4v) is 10.9. The van der Waals surface area contributed by atoms with Gasteiger partial charge in [-0.2, -0.15) is 0 Å². The van der Waals surface area contributed by atoms with Crippen molar-refractivity contribution in [1.29, 1.82) is 0 Å². The van der Waals surface area contributed by atoms with E-state index in [-0.39, 0.29) is 0 Å². The molecule has 2 nitrogen and oxygen atoms in total. The number of methoxy groups -OCH3 is 1. The lowest BCUT2D eigenvalue weighted by Crippen LogP contribution is -2.55. The lowest BCUT2D eigenvalue weighted by atomic mass is 10.3. The Morgan fingerprint density at radius 3 is 2.39 bits per heavy atom. The molecule has 2 rings (SSSR count). The molecule has 0 spiro atoms. The van der Waals surface area contributed by atoms with Gasteiger partial charge in [0, 0.05) is 19.9 Å². The van der Waals surface area contributed by atoms with Gasteiger partial charge in [-0.3, -0.25) is 0 Å². The molecule has 2 atom stereocenters. The molecule has 0 radical (unpaired) electrons. The maximum atomic E-state index is 6.17. The summed E-state index contributed by atoms with van der Waals surface area (Å²) in [6, 6.07) is 1.40. The van der Waals surface area contributed by atoms with E-state index in [1.807, 2.05) is 7.11 Å². The maximum Gasteiger partial charge on any atom is 0.120 e. The summed E-state index contributed by atoms with van der Waals surface area (Å²) in [4.78, 5) is 0. The van der Waals surface area contributed by atoms with E-state index in [4.69, 9.17) is 9.47 Å². The summed E-state index contributed by atoms with van der Waals surface area (Å²) in [7, 11) is 0.458. The van der Waals surface area contributed by atoms with Gasteiger partial charge in [-0.15, -0.1) is 0 Å². The highest BCUT2D eigenvalue weighted by molar-refractivity contribution is 6.82. The first-order valence-electron chi connectivity index (χ1n) is 7.79. The first-order valence-corrected chi connectivity index (χ1v) is 10.4. The monoisotopic (exact) mass is 270 g/mol. The van der Waals surface area contributed by atoms with Gasteiger partial charge in [0.1, 0.15) is 8.07 Å². The molecule has 0 aromatic carbocycles. The summed E-state index contributed by atoms with van der Waals surface area (Å²) in [5.74, 6) is 0.789. The lowest BCUT2D eigenvalue weighted by molar-refractivity contribution is 0.145. The van der Waals surface area contributed by atoms with Crippen LogP contribution in [0.4, 0.5) is 0 Å². The topological polar surface area (TPSA) is 18.5 Å². The molecule has 0 aromatic rings. The first kappa shape index (κ1) is 14.5. The van der Waals surface area contributed by atoms with Crippen molar-refractivity contribution in [2.24, 2.45) is 5.92 Å². The van der Waals surface area contributed by atoms with E-state index < -0.39 is 8.07 Å². The van der Waals surface area contributed by atoms with Crippen LogP contribution in [0.3, 0.4) is 0 Å². The number of rotatable bonds is 6. The molecule has 2 unspecified atom stereocenters. The molecule has 2 fully saturated rings. The number of hydrogen-bond acceptors (Lipinski definition) is 2. The predicted molar refractivity (Wildman–Crippen MR) is 78.5 cm³/mol. The standard InChI is InChI=1S/C15H30O2Si/c1-13(2)11-18(12-16-3,14-7-4-5-8-14)15-9-6-10-17-15/h13-15H,4-12H2,1-3H3. The van der Waals surface area contributed by atoms with Crippen LogP contribution < -0.4 is 0 Å². The van der Waals surface area contributed by atoms with Crippen LogP contribution in [-0.2, 0) is 9.47 Å².